The molecule has 0 fully saturated rings. The van der Waals surface area contributed by atoms with Crippen molar-refractivity contribution < 1.29 is 4.39 Å². The van der Waals surface area contributed by atoms with Crippen molar-refractivity contribution in [2.45, 2.75) is 26.4 Å². The van der Waals surface area contributed by atoms with Crippen molar-refractivity contribution in [3.8, 4) is 0 Å². The number of H-pyrrole nitrogens is 2. The third-order valence-electron chi connectivity index (χ3n) is 3.83. The van der Waals surface area contributed by atoms with Crippen molar-refractivity contribution >= 4 is 12.2 Å². The summed E-state index contributed by atoms with van der Waals surface area (Å²) in [6.07, 6.45) is 0.747. The van der Waals surface area contributed by atoms with Crippen LogP contribution in [0.5, 0.6) is 0 Å². The number of hydrogen-bond acceptors (Lipinski definition) is 3. The fourth-order valence-electron chi connectivity index (χ4n) is 2.64. The number of fused-ring (bicyclic) bond motifs is 1. The van der Waals surface area contributed by atoms with Crippen LogP contribution >= 0.6 is 12.2 Å². The van der Waals surface area contributed by atoms with E-state index in [-0.39, 0.29) is 11.4 Å². The van der Waals surface area contributed by atoms with E-state index < -0.39 is 0 Å². The molecule has 1 aliphatic rings. The van der Waals surface area contributed by atoms with Crippen LogP contribution in [0.15, 0.2) is 23.0 Å². The summed E-state index contributed by atoms with van der Waals surface area (Å²) >= 11 is 4.98. The van der Waals surface area contributed by atoms with Gasteiger partial charge < -0.3 is 4.98 Å². The smallest absolute Gasteiger partial charge is 0.256 e. The zero-order valence-electron chi connectivity index (χ0n) is 11.7. The van der Waals surface area contributed by atoms with Crippen LogP contribution in [0.1, 0.15) is 22.4 Å². The van der Waals surface area contributed by atoms with E-state index in [9.17, 15) is 9.18 Å². The predicted octanol–water partition coefficient (Wildman–Crippen LogP) is 2.44. The van der Waals surface area contributed by atoms with Crippen LogP contribution in [-0.4, -0.2) is 21.4 Å². The van der Waals surface area contributed by atoms with Crippen molar-refractivity contribution in [1.29, 1.82) is 0 Å². The molecule has 0 amide bonds. The van der Waals surface area contributed by atoms with Gasteiger partial charge in [-0.3, -0.25) is 14.7 Å². The van der Waals surface area contributed by atoms with Crippen molar-refractivity contribution in [1.82, 2.24) is 14.9 Å². The summed E-state index contributed by atoms with van der Waals surface area (Å²) in [4.78, 5) is 19.7. The molecule has 2 heterocycles. The molecule has 21 heavy (non-hydrogen) atoms. The Morgan fingerprint density at radius 3 is 2.95 bits per heavy atom. The molecule has 0 saturated heterocycles. The maximum absolute atomic E-state index is 13.6. The molecule has 0 aliphatic carbocycles. The summed E-state index contributed by atoms with van der Waals surface area (Å²) in [7, 11) is 0. The number of aryl methyl sites for hydroxylation is 1. The van der Waals surface area contributed by atoms with Gasteiger partial charge in [0, 0.05) is 31.7 Å². The number of nitrogens with one attached hydrogen (secondary N) is 2. The SMILES string of the molecule is Cc1ccc(CN2CCc3[nH]c(=S)[nH]c(=O)c3C2)cc1F. The summed E-state index contributed by atoms with van der Waals surface area (Å²) in [5, 5.41) is 0. The first-order valence-corrected chi connectivity index (χ1v) is 7.25. The second kappa shape index (κ2) is 5.54. The van der Waals surface area contributed by atoms with Gasteiger partial charge in [0.05, 0.1) is 5.56 Å². The van der Waals surface area contributed by atoms with Crippen molar-refractivity contribution in [3.05, 3.63) is 61.5 Å². The molecule has 0 spiro atoms. The monoisotopic (exact) mass is 305 g/mol. The highest BCUT2D eigenvalue weighted by Gasteiger charge is 2.19. The Bertz CT molecular complexity index is 796. The maximum atomic E-state index is 13.6. The molecule has 1 aromatic heterocycles. The van der Waals surface area contributed by atoms with Gasteiger partial charge in [0.15, 0.2) is 4.77 Å². The van der Waals surface area contributed by atoms with Gasteiger partial charge in [0.25, 0.3) is 5.56 Å². The van der Waals surface area contributed by atoms with Crippen LogP contribution < -0.4 is 5.56 Å². The lowest BCUT2D eigenvalue weighted by molar-refractivity contribution is 0.241. The fourth-order valence-corrected chi connectivity index (χ4v) is 2.86. The highest BCUT2D eigenvalue weighted by Crippen LogP contribution is 2.17. The highest BCUT2D eigenvalue weighted by molar-refractivity contribution is 7.71. The van der Waals surface area contributed by atoms with Gasteiger partial charge in [0.1, 0.15) is 5.82 Å². The molecule has 0 atom stereocenters. The Morgan fingerprint density at radius 2 is 2.19 bits per heavy atom. The first-order valence-electron chi connectivity index (χ1n) is 6.84. The van der Waals surface area contributed by atoms with Crippen molar-refractivity contribution in [2.75, 3.05) is 6.54 Å². The van der Waals surface area contributed by atoms with Crippen LogP contribution in [0.4, 0.5) is 4.39 Å². The van der Waals surface area contributed by atoms with Crippen LogP contribution in [-0.2, 0) is 19.5 Å². The molecule has 0 unspecified atom stereocenters. The number of benzene rings is 1. The molecule has 2 N–H and O–H groups in total. The van der Waals surface area contributed by atoms with Gasteiger partial charge >= 0.3 is 0 Å². The lowest BCUT2D eigenvalue weighted by atomic mass is 10.1. The first kappa shape index (κ1) is 14.2. The Kier molecular flexibility index (Phi) is 3.73. The minimum atomic E-state index is -0.188. The number of aromatic nitrogens is 2. The van der Waals surface area contributed by atoms with Crippen molar-refractivity contribution in [2.24, 2.45) is 0 Å². The van der Waals surface area contributed by atoms with E-state index in [1.807, 2.05) is 6.07 Å². The molecule has 0 bridgehead atoms. The van der Waals surface area contributed by atoms with Crippen LogP contribution in [0.3, 0.4) is 0 Å². The molecule has 0 saturated carbocycles. The second-order valence-corrected chi connectivity index (χ2v) is 5.82. The Labute approximate surface area is 126 Å². The van der Waals surface area contributed by atoms with Crippen molar-refractivity contribution in [3.63, 3.8) is 0 Å². The quantitative estimate of drug-likeness (QED) is 0.838. The summed E-state index contributed by atoms with van der Waals surface area (Å²) in [6, 6.07) is 5.27. The summed E-state index contributed by atoms with van der Waals surface area (Å²) in [6.45, 7) is 3.74. The van der Waals surface area contributed by atoms with Crippen LogP contribution in [0.2, 0.25) is 0 Å². The van der Waals surface area contributed by atoms with Gasteiger partial charge in [-0.1, -0.05) is 12.1 Å². The molecule has 6 heteroatoms. The summed E-state index contributed by atoms with van der Waals surface area (Å²) in [5.41, 5.74) is 3.07. The van der Waals surface area contributed by atoms with E-state index >= 15 is 0 Å². The lowest BCUT2D eigenvalue weighted by Gasteiger charge is -2.27. The van der Waals surface area contributed by atoms with Crippen LogP contribution in [0, 0.1) is 17.5 Å². The number of halogens is 1. The summed E-state index contributed by atoms with van der Waals surface area (Å²) < 4.78 is 14.0. The molecule has 110 valence electrons. The number of nitrogens with zero attached hydrogens (tertiary/aromatic N) is 1. The van der Waals surface area contributed by atoms with E-state index in [1.165, 1.54) is 0 Å². The Morgan fingerprint density at radius 1 is 1.38 bits per heavy atom. The Balaban J connectivity index is 1.81. The van der Waals surface area contributed by atoms with E-state index in [2.05, 4.69) is 14.9 Å². The van der Waals surface area contributed by atoms with E-state index in [0.29, 0.717) is 23.4 Å². The zero-order chi connectivity index (χ0) is 15.0. The minimum absolute atomic E-state index is 0.131. The van der Waals surface area contributed by atoms with E-state index in [1.54, 1.807) is 19.1 Å². The number of aromatic amines is 2. The maximum Gasteiger partial charge on any atom is 0.256 e. The number of rotatable bonds is 2. The molecule has 2 aromatic rings. The standard InChI is InChI=1S/C15H16FN3OS/c1-9-2-3-10(6-12(9)16)7-19-5-4-13-11(8-19)14(20)18-15(21)17-13/h2-3,6H,4-5,7-8H2,1H3,(H2,17,18,20,21). The Hall–Kier alpha value is -1.79. The average molecular weight is 305 g/mol. The van der Waals surface area contributed by atoms with E-state index in [4.69, 9.17) is 12.2 Å². The fraction of sp³-hybridized carbons (Fsp3) is 0.333. The van der Waals surface area contributed by atoms with E-state index in [0.717, 1.165) is 29.8 Å². The molecule has 4 nitrogen and oxygen atoms in total. The van der Waals surface area contributed by atoms with Gasteiger partial charge in [-0.2, -0.15) is 0 Å². The molecule has 3 rings (SSSR count). The molecular formula is C15H16FN3OS. The molecule has 0 radical (unpaired) electrons. The molecular weight excluding hydrogens is 289 g/mol. The number of hydrogen-bond donors (Lipinski definition) is 2. The molecule has 1 aromatic carbocycles. The summed E-state index contributed by atoms with van der Waals surface area (Å²) in [5.74, 6) is -0.188. The largest absolute Gasteiger partial charge is 0.335 e. The topological polar surface area (TPSA) is 51.9 Å². The van der Waals surface area contributed by atoms with Gasteiger partial charge in [-0.15, -0.1) is 0 Å². The molecule has 1 aliphatic heterocycles. The van der Waals surface area contributed by atoms with Gasteiger partial charge in [-0.05, 0) is 36.3 Å². The van der Waals surface area contributed by atoms with Gasteiger partial charge in [0.2, 0.25) is 0 Å². The third kappa shape index (κ3) is 2.96. The van der Waals surface area contributed by atoms with Crippen LogP contribution in [0.25, 0.3) is 0 Å². The average Bonchev–Trinajstić information content (AvgIpc) is 2.43. The third-order valence-corrected chi connectivity index (χ3v) is 4.04. The minimum Gasteiger partial charge on any atom is -0.335 e. The normalized spacial score (nSPS) is 15.0. The lowest BCUT2D eigenvalue weighted by Crippen LogP contribution is -2.35. The first-order chi connectivity index (χ1) is 10.0. The van der Waals surface area contributed by atoms with Gasteiger partial charge in [-0.25, -0.2) is 4.39 Å². The highest BCUT2D eigenvalue weighted by atomic mass is 32.1. The second-order valence-electron chi connectivity index (χ2n) is 5.41. The zero-order valence-corrected chi connectivity index (χ0v) is 12.5. The predicted molar refractivity (Wildman–Crippen MR) is 81.2 cm³/mol.